The molecule has 0 saturated heterocycles. The number of thioether (sulfide) groups is 2. The van der Waals surface area contributed by atoms with Gasteiger partial charge in [-0.3, -0.25) is 4.99 Å². The molecule has 0 aliphatic carbocycles. The zero-order chi connectivity index (χ0) is 16.6. The molecule has 0 spiro atoms. The van der Waals surface area contributed by atoms with E-state index in [1.165, 1.54) is 6.07 Å². The first-order valence-corrected chi connectivity index (χ1v) is 9.79. The van der Waals surface area contributed by atoms with Crippen molar-refractivity contribution in [2.75, 3.05) is 26.1 Å². The van der Waals surface area contributed by atoms with Crippen molar-refractivity contribution in [1.29, 1.82) is 0 Å². The summed E-state index contributed by atoms with van der Waals surface area (Å²) in [6, 6.07) is 4.96. The second-order valence-electron chi connectivity index (χ2n) is 5.59. The Kier molecular flexibility index (Phi) is 8.10. The standard InChI is InChI=1S/C16H26FN3S2/c1-16(2,22-5)11-20-15(18-3)19-9-12-6-7-14(17)8-13(12)10-21-4/h6-8H,9-11H2,1-5H3,(H2,18,19,20). The number of hydrogen-bond donors (Lipinski definition) is 2. The van der Waals surface area contributed by atoms with E-state index < -0.39 is 0 Å². The van der Waals surface area contributed by atoms with Crippen LogP contribution in [0.2, 0.25) is 0 Å². The molecule has 0 amide bonds. The molecule has 0 fully saturated rings. The zero-order valence-electron chi connectivity index (χ0n) is 14.0. The molecule has 0 unspecified atom stereocenters. The van der Waals surface area contributed by atoms with Gasteiger partial charge in [0.1, 0.15) is 5.82 Å². The van der Waals surface area contributed by atoms with Gasteiger partial charge in [-0.1, -0.05) is 6.07 Å². The monoisotopic (exact) mass is 343 g/mol. The maximum Gasteiger partial charge on any atom is 0.191 e. The van der Waals surface area contributed by atoms with Crippen LogP contribution in [0, 0.1) is 5.82 Å². The van der Waals surface area contributed by atoms with Gasteiger partial charge in [-0.25, -0.2) is 4.39 Å². The van der Waals surface area contributed by atoms with Crippen molar-refractivity contribution in [3.8, 4) is 0 Å². The van der Waals surface area contributed by atoms with Gasteiger partial charge in [0.15, 0.2) is 5.96 Å². The molecule has 3 nitrogen and oxygen atoms in total. The highest BCUT2D eigenvalue weighted by Gasteiger charge is 2.16. The lowest BCUT2D eigenvalue weighted by molar-refractivity contribution is 0.624. The number of hydrogen-bond acceptors (Lipinski definition) is 3. The summed E-state index contributed by atoms with van der Waals surface area (Å²) in [7, 11) is 1.76. The molecule has 0 aliphatic rings. The van der Waals surface area contributed by atoms with Crippen LogP contribution in [0.1, 0.15) is 25.0 Å². The van der Waals surface area contributed by atoms with E-state index in [0.29, 0.717) is 6.54 Å². The summed E-state index contributed by atoms with van der Waals surface area (Å²) in [5, 5.41) is 6.63. The second-order valence-corrected chi connectivity index (χ2v) is 7.97. The number of benzene rings is 1. The smallest absolute Gasteiger partial charge is 0.191 e. The molecule has 0 saturated carbocycles. The van der Waals surface area contributed by atoms with Crippen LogP contribution >= 0.6 is 23.5 Å². The number of halogens is 1. The van der Waals surface area contributed by atoms with Gasteiger partial charge in [0.05, 0.1) is 0 Å². The number of nitrogens with zero attached hydrogens (tertiary/aromatic N) is 1. The van der Waals surface area contributed by atoms with E-state index in [1.807, 2.05) is 24.1 Å². The molecule has 2 N–H and O–H groups in total. The van der Waals surface area contributed by atoms with Gasteiger partial charge in [-0.05, 0) is 49.6 Å². The summed E-state index contributed by atoms with van der Waals surface area (Å²) in [5.74, 6) is 1.39. The summed E-state index contributed by atoms with van der Waals surface area (Å²) in [6.45, 7) is 5.84. The van der Waals surface area contributed by atoms with E-state index in [1.54, 1.807) is 24.9 Å². The minimum absolute atomic E-state index is 0.150. The molecule has 1 aromatic carbocycles. The van der Waals surface area contributed by atoms with Crippen molar-refractivity contribution in [3.63, 3.8) is 0 Å². The van der Waals surface area contributed by atoms with Crippen molar-refractivity contribution < 1.29 is 4.39 Å². The Morgan fingerprint density at radius 3 is 2.55 bits per heavy atom. The molecule has 0 heterocycles. The fraction of sp³-hybridized carbons (Fsp3) is 0.562. The maximum atomic E-state index is 13.4. The minimum Gasteiger partial charge on any atom is -0.355 e. The highest BCUT2D eigenvalue weighted by Crippen LogP contribution is 2.19. The summed E-state index contributed by atoms with van der Waals surface area (Å²) in [5.41, 5.74) is 2.13. The second kappa shape index (κ2) is 9.30. The lowest BCUT2D eigenvalue weighted by atomic mass is 10.1. The van der Waals surface area contributed by atoms with Crippen LogP contribution in [0.3, 0.4) is 0 Å². The Morgan fingerprint density at radius 2 is 1.95 bits per heavy atom. The molecule has 0 aliphatic heterocycles. The van der Waals surface area contributed by atoms with Crippen molar-refractivity contribution in [1.82, 2.24) is 10.6 Å². The predicted molar refractivity (Wildman–Crippen MR) is 99.4 cm³/mol. The maximum absolute atomic E-state index is 13.4. The van der Waals surface area contributed by atoms with Crippen LogP contribution in [-0.4, -0.2) is 36.8 Å². The van der Waals surface area contributed by atoms with E-state index in [-0.39, 0.29) is 10.6 Å². The van der Waals surface area contributed by atoms with E-state index >= 15 is 0 Å². The molecule has 0 aromatic heterocycles. The minimum atomic E-state index is -0.183. The molecular weight excluding hydrogens is 317 g/mol. The molecule has 124 valence electrons. The molecule has 1 rings (SSSR count). The van der Waals surface area contributed by atoms with Gasteiger partial charge < -0.3 is 10.6 Å². The van der Waals surface area contributed by atoms with Crippen molar-refractivity contribution in [2.45, 2.75) is 30.9 Å². The first-order valence-electron chi connectivity index (χ1n) is 7.17. The SMILES string of the molecule is CN=C(NCc1ccc(F)cc1CSC)NCC(C)(C)SC. The fourth-order valence-corrected chi connectivity index (χ4v) is 2.62. The van der Waals surface area contributed by atoms with Crippen LogP contribution < -0.4 is 10.6 Å². The average Bonchev–Trinajstić information content (AvgIpc) is 2.49. The lowest BCUT2D eigenvalue weighted by Gasteiger charge is -2.24. The number of rotatable bonds is 7. The van der Waals surface area contributed by atoms with Crippen molar-refractivity contribution in [2.24, 2.45) is 4.99 Å². The van der Waals surface area contributed by atoms with Gasteiger partial charge in [0, 0.05) is 30.6 Å². The molecule has 0 bridgehead atoms. The third kappa shape index (κ3) is 6.48. The third-order valence-corrected chi connectivity index (χ3v) is 5.22. The van der Waals surface area contributed by atoms with E-state index in [4.69, 9.17) is 0 Å². The van der Waals surface area contributed by atoms with Crippen LogP contribution in [0.25, 0.3) is 0 Å². The zero-order valence-corrected chi connectivity index (χ0v) is 15.6. The number of nitrogens with one attached hydrogen (secondary N) is 2. The number of guanidine groups is 1. The highest BCUT2D eigenvalue weighted by atomic mass is 32.2. The molecule has 22 heavy (non-hydrogen) atoms. The Balaban J connectivity index is 2.64. The fourth-order valence-electron chi connectivity index (χ4n) is 1.83. The first-order chi connectivity index (χ1) is 10.4. The van der Waals surface area contributed by atoms with E-state index in [2.05, 4.69) is 35.7 Å². The van der Waals surface area contributed by atoms with Crippen LogP contribution in [0.15, 0.2) is 23.2 Å². The molecule has 1 aromatic rings. The Bertz CT molecular complexity index is 504. The van der Waals surface area contributed by atoms with E-state index in [9.17, 15) is 4.39 Å². The quantitative estimate of drug-likeness (QED) is 0.587. The van der Waals surface area contributed by atoms with Gasteiger partial charge in [-0.15, -0.1) is 0 Å². The van der Waals surface area contributed by atoms with Gasteiger partial charge >= 0.3 is 0 Å². The Hall–Kier alpha value is -0.880. The summed E-state index contributed by atoms with van der Waals surface area (Å²) in [4.78, 5) is 4.24. The Labute approximate surface area is 141 Å². The topological polar surface area (TPSA) is 36.4 Å². The van der Waals surface area contributed by atoms with Crippen LogP contribution in [-0.2, 0) is 12.3 Å². The lowest BCUT2D eigenvalue weighted by Crippen LogP contribution is -2.43. The summed E-state index contributed by atoms with van der Waals surface area (Å²) in [6.07, 6.45) is 4.12. The van der Waals surface area contributed by atoms with Crippen LogP contribution in [0.5, 0.6) is 0 Å². The highest BCUT2D eigenvalue weighted by molar-refractivity contribution is 8.00. The normalized spacial score (nSPS) is 12.4. The third-order valence-electron chi connectivity index (χ3n) is 3.37. The van der Waals surface area contributed by atoms with Crippen LogP contribution in [0.4, 0.5) is 4.39 Å². The Morgan fingerprint density at radius 1 is 1.23 bits per heavy atom. The van der Waals surface area contributed by atoms with E-state index in [0.717, 1.165) is 29.4 Å². The van der Waals surface area contributed by atoms with Crippen molar-refractivity contribution in [3.05, 3.63) is 35.1 Å². The summed E-state index contributed by atoms with van der Waals surface area (Å²) < 4.78 is 13.5. The molecular formula is C16H26FN3S2. The molecule has 6 heteroatoms. The van der Waals surface area contributed by atoms with Crippen molar-refractivity contribution >= 4 is 29.5 Å². The van der Waals surface area contributed by atoms with Gasteiger partial charge in [0.25, 0.3) is 0 Å². The molecule has 0 radical (unpaired) electrons. The summed E-state index contributed by atoms with van der Waals surface area (Å²) >= 11 is 3.51. The largest absolute Gasteiger partial charge is 0.355 e. The molecule has 0 atom stereocenters. The predicted octanol–water partition coefficient (Wildman–Crippen LogP) is 3.50. The first kappa shape index (κ1) is 19.2. The van der Waals surface area contributed by atoms with Gasteiger partial charge in [0.2, 0.25) is 0 Å². The number of aliphatic imine (C=N–C) groups is 1. The van der Waals surface area contributed by atoms with Gasteiger partial charge in [-0.2, -0.15) is 23.5 Å². The average molecular weight is 344 g/mol.